The number of benzene rings is 1. The van der Waals surface area contributed by atoms with Gasteiger partial charge in [0.15, 0.2) is 5.96 Å². The van der Waals surface area contributed by atoms with E-state index in [2.05, 4.69) is 45.6 Å². The highest BCUT2D eigenvalue weighted by Gasteiger charge is 2.10. The minimum Gasteiger partial charge on any atom is -0.491 e. The van der Waals surface area contributed by atoms with Crippen LogP contribution in [0.5, 0.6) is 5.75 Å². The summed E-state index contributed by atoms with van der Waals surface area (Å²) in [7, 11) is 1.81. The molecule has 2 N–H and O–H groups in total. The number of likely N-dealkylation sites (tertiary alicyclic amines) is 1. The maximum Gasteiger partial charge on any atom is 0.191 e. The van der Waals surface area contributed by atoms with Crippen molar-refractivity contribution in [1.82, 2.24) is 15.5 Å². The predicted molar refractivity (Wildman–Crippen MR) is 112 cm³/mol. The first-order valence-electron chi connectivity index (χ1n) is 10.2. The third kappa shape index (κ3) is 8.18. The maximum atomic E-state index is 5.91. The molecule has 0 saturated carbocycles. The lowest BCUT2D eigenvalue weighted by molar-refractivity contribution is 0.110. The van der Waals surface area contributed by atoms with E-state index in [0.29, 0.717) is 26.4 Å². The van der Waals surface area contributed by atoms with Crippen LogP contribution in [-0.4, -0.2) is 63.9 Å². The number of aliphatic imine (C=N–C) groups is 1. The van der Waals surface area contributed by atoms with E-state index in [1.807, 2.05) is 14.0 Å². The first-order valence-corrected chi connectivity index (χ1v) is 10.2. The third-order valence-corrected chi connectivity index (χ3v) is 4.75. The van der Waals surface area contributed by atoms with Crippen molar-refractivity contribution in [3.05, 3.63) is 29.3 Å². The van der Waals surface area contributed by atoms with E-state index in [4.69, 9.17) is 9.47 Å². The molecule has 27 heavy (non-hydrogen) atoms. The molecular weight excluding hydrogens is 340 g/mol. The molecule has 0 radical (unpaired) electrons. The molecule has 0 spiro atoms. The summed E-state index contributed by atoms with van der Waals surface area (Å²) in [6, 6.07) is 6.30. The fourth-order valence-electron chi connectivity index (χ4n) is 3.21. The van der Waals surface area contributed by atoms with Gasteiger partial charge in [-0.05, 0) is 51.4 Å². The summed E-state index contributed by atoms with van der Waals surface area (Å²) in [6.45, 7) is 11.0. The second-order valence-electron chi connectivity index (χ2n) is 6.91. The minimum absolute atomic E-state index is 0.563. The van der Waals surface area contributed by atoms with Gasteiger partial charge in [0.2, 0.25) is 0 Å². The van der Waals surface area contributed by atoms with Crippen LogP contribution in [0.3, 0.4) is 0 Å². The van der Waals surface area contributed by atoms with Crippen molar-refractivity contribution in [3.8, 4) is 5.75 Å². The number of nitrogens with zero attached hydrogens (tertiary/aromatic N) is 2. The number of hydrogen-bond donors (Lipinski definition) is 2. The van der Waals surface area contributed by atoms with Crippen LogP contribution in [0.1, 0.15) is 37.3 Å². The summed E-state index contributed by atoms with van der Waals surface area (Å²) < 4.78 is 11.3. The van der Waals surface area contributed by atoms with Crippen molar-refractivity contribution in [3.63, 3.8) is 0 Å². The largest absolute Gasteiger partial charge is 0.491 e. The van der Waals surface area contributed by atoms with Gasteiger partial charge in [0, 0.05) is 38.9 Å². The Morgan fingerprint density at radius 3 is 2.70 bits per heavy atom. The highest BCUT2D eigenvalue weighted by Crippen LogP contribution is 2.20. The zero-order valence-electron chi connectivity index (χ0n) is 17.2. The molecule has 1 aromatic carbocycles. The van der Waals surface area contributed by atoms with Crippen molar-refractivity contribution >= 4 is 5.96 Å². The zero-order chi connectivity index (χ0) is 19.3. The third-order valence-electron chi connectivity index (χ3n) is 4.75. The van der Waals surface area contributed by atoms with Gasteiger partial charge in [-0.1, -0.05) is 18.6 Å². The highest BCUT2D eigenvalue weighted by atomic mass is 16.5. The van der Waals surface area contributed by atoms with Crippen LogP contribution in [0.4, 0.5) is 0 Å². The van der Waals surface area contributed by atoms with Gasteiger partial charge in [-0.25, -0.2) is 0 Å². The lowest BCUT2D eigenvalue weighted by Gasteiger charge is -2.26. The molecule has 0 aliphatic carbocycles. The Hall–Kier alpha value is -1.79. The number of guanidine groups is 1. The quantitative estimate of drug-likeness (QED) is 0.373. The first kappa shape index (κ1) is 21.5. The first-order chi connectivity index (χ1) is 13.2. The molecule has 0 unspecified atom stereocenters. The summed E-state index contributed by atoms with van der Waals surface area (Å²) in [5.74, 6) is 1.74. The van der Waals surface area contributed by atoms with Gasteiger partial charge < -0.3 is 25.0 Å². The summed E-state index contributed by atoms with van der Waals surface area (Å²) in [5, 5.41) is 6.81. The van der Waals surface area contributed by atoms with Crippen molar-refractivity contribution in [2.75, 3.05) is 53.0 Å². The standard InChI is InChI=1S/C21H36N4O2/c1-4-26-14-15-27-20-16-18(2)8-9-19(20)17-24-21(22-3)23-10-13-25-11-6-5-7-12-25/h8-9,16H,4-7,10-15,17H2,1-3H3,(H2,22,23,24). The fourth-order valence-corrected chi connectivity index (χ4v) is 3.21. The molecule has 1 fully saturated rings. The van der Waals surface area contributed by atoms with Gasteiger partial charge in [0.1, 0.15) is 12.4 Å². The van der Waals surface area contributed by atoms with Crippen LogP contribution in [0, 0.1) is 6.92 Å². The van der Waals surface area contributed by atoms with Gasteiger partial charge in [0.25, 0.3) is 0 Å². The lowest BCUT2D eigenvalue weighted by Crippen LogP contribution is -2.42. The van der Waals surface area contributed by atoms with E-state index in [9.17, 15) is 0 Å². The summed E-state index contributed by atoms with van der Waals surface area (Å²) in [6.07, 6.45) is 4.03. The van der Waals surface area contributed by atoms with Crippen LogP contribution >= 0.6 is 0 Å². The number of ether oxygens (including phenoxy) is 2. The summed E-state index contributed by atoms with van der Waals surface area (Å²) >= 11 is 0. The number of hydrogen-bond acceptors (Lipinski definition) is 4. The Balaban J connectivity index is 1.78. The molecule has 1 aromatic rings. The van der Waals surface area contributed by atoms with Gasteiger partial charge in [-0.15, -0.1) is 0 Å². The second-order valence-corrected chi connectivity index (χ2v) is 6.91. The molecular formula is C21H36N4O2. The fraction of sp³-hybridized carbons (Fsp3) is 0.667. The van der Waals surface area contributed by atoms with Crippen molar-refractivity contribution in [2.24, 2.45) is 4.99 Å². The minimum atomic E-state index is 0.563. The van der Waals surface area contributed by atoms with Gasteiger partial charge in [-0.3, -0.25) is 4.99 Å². The molecule has 0 atom stereocenters. The monoisotopic (exact) mass is 376 g/mol. The summed E-state index contributed by atoms with van der Waals surface area (Å²) in [4.78, 5) is 6.86. The second kappa shape index (κ2) is 12.6. The Morgan fingerprint density at radius 1 is 1.15 bits per heavy atom. The molecule has 152 valence electrons. The molecule has 1 saturated heterocycles. The topological polar surface area (TPSA) is 58.1 Å². The predicted octanol–water partition coefficient (Wildman–Crippen LogP) is 2.56. The maximum absolute atomic E-state index is 5.91. The molecule has 0 aromatic heterocycles. The molecule has 6 heteroatoms. The van der Waals surface area contributed by atoms with E-state index < -0.39 is 0 Å². The zero-order valence-corrected chi connectivity index (χ0v) is 17.2. The summed E-state index contributed by atoms with van der Waals surface area (Å²) in [5.41, 5.74) is 2.31. The van der Waals surface area contributed by atoms with Gasteiger partial charge in [0.05, 0.1) is 6.61 Å². The molecule has 2 rings (SSSR count). The molecule has 6 nitrogen and oxygen atoms in total. The molecule has 0 amide bonds. The van der Waals surface area contributed by atoms with Crippen molar-refractivity contribution in [2.45, 2.75) is 39.7 Å². The Morgan fingerprint density at radius 2 is 1.96 bits per heavy atom. The van der Waals surface area contributed by atoms with Gasteiger partial charge in [-0.2, -0.15) is 0 Å². The average Bonchev–Trinajstić information content (AvgIpc) is 2.69. The Bertz CT molecular complexity index is 571. The smallest absolute Gasteiger partial charge is 0.191 e. The van der Waals surface area contributed by atoms with Crippen LogP contribution < -0.4 is 15.4 Å². The van der Waals surface area contributed by atoms with E-state index in [-0.39, 0.29) is 0 Å². The number of rotatable bonds is 10. The lowest BCUT2D eigenvalue weighted by atomic mass is 10.1. The SMILES string of the molecule is CCOCCOc1cc(C)ccc1CNC(=NC)NCCN1CCCCC1. The van der Waals surface area contributed by atoms with E-state index in [0.717, 1.165) is 30.4 Å². The highest BCUT2D eigenvalue weighted by molar-refractivity contribution is 5.79. The number of aryl methyl sites for hydroxylation is 1. The van der Waals surface area contributed by atoms with Crippen LogP contribution in [0.15, 0.2) is 23.2 Å². The van der Waals surface area contributed by atoms with E-state index in [1.165, 1.54) is 37.9 Å². The van der Waals surface area contributed by atoms with E-state index >= 15 is 0 Å². The Labute approximate surface area is 164 Å². The van der Waals surface area contributed by atoms with Gasteiger partial charge >= 0.3 is 0 Å². The number of nitrogens with one attached hydrogen (secondary N) is 2. The van der Waals surface area contributed by atoms with Crippen molar-refractivity contribution < 1.29 is 9.47 Å². The van der Waals surface area contributed by atoms with Crippen LogP contribution in [0.2, 0.25) is 0 Å². The molecule has 1 aliphatic heterocycles. The van der Waals surface area contributed by atoms with Crippen LogP contribution in [0.25, 0.3) is 0 Å². The molecule has 0 bridgehead atoms. The molecule has 1 aliphatic rings. The average molecular weight is 377 g/mol. The number of piperidine rings is 1. The van der Waals surface area contributed by atoms with Crippen LogP contribution in [-0.2, 0) is 11.3 Å². The van der Waals surface area contributed by atoms with Crippen molar-refractivity contribution in [1.29, 1.82) is 0 Å². The van der Waals surface area contributed by atoms with E-state index in [1.54, 1.807) is 0 Å². The molecule has 1 heterocycles. The Kier molecular flexibility index (Phi) is 10.0. The normalized spacial score (nSPS) is 15.6.